The van der Waals surface area contributed by atoms with E-state index in [1.165, 1.54) is 58.4 Å². The SMILES string of the molecule is COc1ccc(F)cc1CCn1c(=O)n(C2CNC(=O)C2)c(=O)c2c(C)c(-n3nccn3)sc21.OCCO. The molecule has 1 amide bonds. The number of aromatic nitrogens is 5. The van der Waals surface area contributed by atoms with Crippen molar-refractivity contribution in [3.05, 3.63) is 68.4 Å². The molecule has 3 aromatic heterocycles. The Hall–Kier alpha value is -3.88. The van der Waals surface area contributed by atoms with Crippen molar-refractivity contribution in [1.29, 1.82) is 0 Å². The number of aliphatic hydroxyl groups is 2. The Kier molecular flexibility index (Phi) is 8.34. The number of nitrogens with one attached hydrogen (secondary N) is 1. The second-order valence-corrected chi connectivity index (χ2v) is 9.43. The van der Waals surface area contributed by atoms with Gasteiger partial charge in [0.25, 0.3) is 5.56 Å². The van der Waals surface area contributed by atoms with Gasteiger partial charge >= 0.3 is 5.69 Å². The van der Waals surface area contributed by atoms with E-state index in [-0.39, 0.29) is 38.6 Å². The van der Waals surface area contributed by atoms with Crippen LogP contribution in [-0.2, 0) is 17.8 Å². The Labute approximate surface area is 219 Å². The van der Waals surface area contributed by atoms with Gasteiger partial charge in [0, 0.05) is 25.1 Å². The number of methoxy groups -OCH3 is 1. The van der Waals surface area contributed by atoms with Crippen LogP contribution in [0.3, 0.4) is 0 Å². The number of halogens is 1. The van der Waals surface area contributed by atoms with E-state index in [0.717, 1.165) is 4.57 Å². The van der Waals surface area contributed by atoms with Gasteiger partial charge in [0.2, 0.25) is 5.91 Å². The highest BCUT2D eigenvalue weighted by Crippen LogP contribution is 2.31. The van der Waals surface area contributed by atoms with Gasteiger partial charge < -0.3 is 20.3 Å². The summed E-state index contributed by atoms with van der Waals surface area (Å²) in [6.45, 7) is 1.91. The molecule has 0 aliphatic carbocycles. The van der Waals surface area contributed by atoms with Crippen molar-refractivity contribution < 1.29 is 24.1 Å². The standard InChI is InChI=1S/C22H21FN6O4S.C2H6O2/c1-12-18-19(31)28(15-10-17(30)24-11-15)22(32)27(21(18)34-20(12)29-25-6-7-26-29)8-5-13-9-14(23)3-4-16(13)33-2;3-1-2-4/h3-4,6-7,9,15H,5,8,10-11H2,1-2H3,(H,24,30);3-4H,1-2H2. The molecule has 202 valence electrons. The molecule has 1 unspecified atom stereocenters. The van der Waals surface area contributed by atoms with Crippen LogP contribution in [0.15, 0.2) is 40.2 Å². The molecule has 0 radical (unpaired) electrons. The highest BCUT2D eigenvalue weighted by atomic mass is 32.1. The normalized spacial score (nSPS) is 14.9. The molecule has 1 aliphatic rings. The third kappa shape index (κ3) is 5.23. The average Bonchev–Trinajstić information content (AvgIpc) is 3.65. The topological polar surface area (TPSA) is 153 Å². The summed E-state index contributed by atoms with van der Waals surface area (Å²) in [5.41, 5.74) is 0.272. The van der Waals surface area contributed by atoms with Crippen molar-refractivity contribution in [3.63, 3.8) is 0 Å². The molecule has 5 rings (SSSR count). The highest BCUT2D eigenvalue weighted by Gasteiger charge is 2.29. The summed E-state index contributed by atoms with van der Waals surface area (Å²) in [7, 11) is 1.50. The summed E-state index contributed by atoms with van der Waals surface area (Å²) in [5.74, 6) is -0.114. The van der Waals surface area contributed by atoms with Gasteiger partial charge in [0.05, 0.1) is 44.1 Å². The number of carbonyl (C=O) groups is 1. The molecule has 0 bridgehead atoms. The van der Waals surface area contributed by atoms with Gasteiger partial charge in [0.15, 0.2) is 0 Å². The van der Waals surface area contributed by atoms with Crippen LogP contribution in [0, 0.1) is 12.7 Å². The fraction of sp³-hybridized carbons (Fsp3) is 0.375. The summed E-state index contributed by atoms with van der Waals surface area (Å²) < 4.78 is 21.9. The Morgan fingerprint density at radius 3 is 2.50 bits per heavy atom. The lowest BCUT2D eigenvalue weighted by Crippen LogP contribution is -2.43. The van der Waals surface area contributed by atoms with E-state index >= 15 is 0 Å². The molecule has 1 aliphatic heterocycles. The van der Waals surface area contributed by atoms with Crippen molar-refractivity contribution in [3.8, 4) is 10.8 Å². The van der Waals surface area contributed by atoms with Crippen molar-refractivity contribution >= 4 is 27.5 Å². The van der Waals surface area contributed by atoms with Gasteiger partial charge in [-0.15, -0.1) is 4.80 Å². The average molecular weight is 547 g/mol. The van der Waals surface area contributed by atoms with Gasteiger partial charge in [-0.3, -0.25) is 18.7 Å². The number of aryl methyl sites for hydroxylation is 3. The molecule has 1 saturated heterocycles. The summed E-state index contributed by atoms with van der Waals surface area (Å²) in [4.78, 5) is 40.8. The lowest BCUT2D eigenvalue weighted by atomic mass is 10.1. The number of aliphatic hydroxyl groups excluding tert-OH is 2. The molecule has 1 aromatic carbocycles. The lowest BCUT2D eigenvalue weighted by molar-refractivity contribution is -0.119. The number of thiophene rings is 1. The lowest BCUT2D eigenvalue weighted by Gasteiger charge is -2.16. The number of benzene rings is 1. The predicted octanol–water partition coefficient (Wildman–Crippen LogP) is 0.536. The first-order valence-corrected chi connectivity index (χ1v) is 12.6. The fourth-order valence-corrected chi connectivity index (χ4v) is 5.57. The number of fused-ring (bicyclic) bond motifs is 1. The number of amides is 1. The minimum atomic E-state index is -0.586. The van der Waals surface area contributed by atoms with E-state index in [1.807, 2.05) is 0 Å². The van der Waals surface area contributed by atoms with E-state index in [2.05, 4.69) is 15.5 Å². The molecule has 0 spiro atoms. The molecule has 38 heavy (non-hydrogen) atoms. The van der Waals surface area contributed by atoms with Crippen LogP contribution in [-0.4, -0.2) is 67.1 Å². The highest BCUT2D eigenvalue weighted by molar-refractivity contribution is 7.21. The Morgan fingerprint density at radius 1 is 1.18 bits per heavy atom. The van der Waals surface area contributed by atoms with Gasteiger partial charge in [0.1, 0.15) is 21.4 Å². The number of hydrogen-bond acceptors (Lipinski definition) is 9. The molecule has 1 fully saturated rings. The van der Waals surface area contributed by atoms with Crippen molar-refractivity contribution in [2.24, 2.45) is 0 Å². The van der Waals surface area contributed by atoms with Crippen molar-refractivity contribution in [2.45, 2.75) is 32.4 Å². The number of nitrogens with zero attached hydrogens (tertiary/aromatic N) is 5. The minimum Gasteiger partial charge on any atom is -0.496 e. The quantitative estimate of drug-likeness (QED) is 0.304. The monoisotopic (exact) mass is 546 g/mol. The zero-order chi connectivity index (χ0) is 27.4. The minimum absolute atomic E-state index is 0.0507. The van der Waals surface area contributed by atoms with E-state index in [4.69, 9.17) is 14.9 Å². The first-order valence-electron chi connectivity index (χ1n) is 11.8. The van der Waals surface area contributed by atoms with E-state index < -0.39 is 23.1 Å². The number of rotatable bonds is 7. The van der Waals surface area contributed by atoms with Crippen LogP contribution in [0.2, 0.25) is 0 Å². The zero-order valence-electron chi connectivity index (χ0n) is 20.8. The number of carbonyl (C=O) groups excluding carboxylic acids is 1. The van der Waals surface area contributed by atoms with Crippen LogP contribution >= 0.6 is 11.3 Å². The van der Waals surface area contributed by atoms with Gasteiger partial charge in [-0.25, -0.2) is 9.18 Å². The van der Waals surface area contributed by atoms with Gasteiger partial charge in [-0.1, -0.05) is 11.3 Å². The van der Waals surface area contributed by atoms with Crippen LogP contribution < -0.4 is 21.3 Å². The van der Waals surface area contributed by atoms with Gasteiger partial charge in [-0.05, 0) is 37.1 Å². The fourth-order valence-electron chi connectivity index (χ4n) is 4.33. The van der Waals surface area contributed by atoms with E-state index in [9.17, 15) is 18.8 Å². The maximum atomic E-state index is 13.9. The molecule has 14 heteroatoms. The molecular weight excluding hydrogens is 519 g/mol. The number of ether oxygens (including phenoxy) is 1. The maximum Gasteiger partial charge on any atom is 0.332 e. The third-order valence-electron chi connectivity index (χ3n) is 6.09. The second kappa shape index (κ2) is 11.7. The summed E-state index contributed by atoms with van der Waals surface area (Å²) in [6, 6.07) is 3.63. The van der Waals surface area contributed by atoms with Crippen LogP contribution in [0.5, 0.6) is 5.75 Å². The smallest absolute Gasteiger partial charge is 0.332 e. The van der Waals surface area contributed by atoms with Gasteiger partial charge in [-0.2, -0.15) is 10.2 Å². The molecule has 3 N–H and O–H groups in total. The van der Waals surface area contributed by atoms with Crippen LogP contribution in [0.1, 0.15) is 23.6 Å². The summed E-state index contributed by atoms with van der Waals surface area (Å²) in [5, 5.41) is 27.3. The first-order chi connectivity index (χ1) is 18.3. The largest absolute Gasteiger partial charge is 0.496 e. The van der Waals surface area contributed by atoms with E-state index in [1.54, 1.807) is 6.92 Å². The molecule has 12 nitrogen and oxygen atoms in total. The Balaban J connectivity index is 0.000000786. The number of hydrogen-bond donors (Lipinski definition) is 3. The Bertz CT molecular complexity index is 1560. The molecule has 4 aromatic rings. The molecule has 0 saturated carbocycles. The van der Waals surface area contributed by atoms with Crippen LogP contribution in [0.25, 0.3) is 15.2 Å². The third-order valence-corrected chi connectivity index (χ3v) is 7.37. The maximum absolute atomic E-state index is 13.9. The first kappa shape index (κ1) is 27.2. The predicted molar refractivity (Wildman–Crippen MR) is 137 cm³/mol. The van der Waals surface area contributed by atoms with Crippen molar-refractivity contribution in [1.82, 2.24) is 29.4 Å². The molecule has 1 atom stereocenters. The Morgan fingerprint density at radius 2 is 1.89 bits per heavy atom. The zero-order valence-corrected chi connectivity index (χ0v) is 21.6. The van der Waals surface area contributed by atoms with Crippen LogP contribution in [0.4, 0.5) is 4.39 Å². The molecular formula is C24H27FN6O6S. The van der Waals surface area contributed by atoms with Crippen molar-refractivity contribution in [2.75, 3.05) is 26.9 Å². The molecule has 4 heterocycles. The summed E-state index contributed by atoms with van der Waals surface area (Å²) in [6.07, 6.45) is 3.40. The van der Waals surface area contributed by atoms with E-state index in [0.29, 0.717) is 38.5 Å². The second-order valence-electron chi connectivity index (χ2n) is 8.46. The summed E-state index contributed by atoms with van der Waals surface area (Å²) >= 11 is 1.24.